The maximum atomic E-state index is 13.1. The lowest BCUT2D eigenvalue weighted by Gasteiger charge is -2.32. The Morgan fingerprint density at radius 1 is 1.21 bits per heavy atom. The zero-order valence-electron chi connectivity index (χ0n) is 16.7. The maximum Gasteiger partial charge on any atom is 0.270 e. The molecule has 2 aromatic heterocycles. The minimum atomic E-state index is -0.0930. The van der Waals surface area contributed by atoms with E-state index in [1.807, 2.05) is 33.9 Å². The number of unbranched alkanes of at least 4 members (excludes halogenated alkanes) is 3. The monoisotopic (exact) mass is 401 g/mol. The van der Waals surface area contributed by atoms with Crippen molar-refractivity contribution >= 4 is 23.2 Å². The van der Waals surface area contributed by atoms with Crippen LogP contribution in [0.15, 0.2) is 35.8 Å². The van der Waals surface area contributed by atoms with Gasteiger partial charge in [-0.2, -0.15) is 0 Å². The largest absolute Gasteiger partial charge is 0.356 e. The normalized spacial score (nSPS) is 16.9. The van der Waals surface area contributed by atoms with E-state index >= 15 is 0 Å². The van der Waals surface area contributed by atoms with Crippen LogP contribution in [-0.4, -0.2) is 40.9 Å². The number of nitrogens with zero attached hydrogens (tertiary/aromatic N) is 2. The molecule has 6 heteroatoms. The van der Waals surface area contributed by atoms with Gasteiger partial charge in [-0.3, -0.25) is 9.59 Å². The Bertz CT molecular complexity index is 754. The van der Waals surface area contributed by atoms with Crippen LogP contribution < -0.4 is 5.32 Å². The molecule has 1 unspecified atom stereocenters. The van der Waals surface area contributed by atoms with Gasteiger partial charge in [0.05, 0.1) is 12.5 Å². The summed E-state index contributed by atoms with van der Waals surface area (Å²) in [6, 6.07) is 7.92. The van der Waals surface area contributed by atoms with Crippen LogP contribution in [0.2, 0.25) is 0 Å². The number of rotatable bonds is 9. The Morgan fingerprint density at radius 3 is 2.89 bits per heavy atom. The van der Waals surface area contributed by atoms with E-state index in [2.05, 4.69) is 23.7 Å². The standard InChI is InChI=1S/C22H31N3O2S/c1-2-3-4-5-12-23-21(26)18-9-6-14-25(16-18)22(27)20-11-7-13-24(20)17-19-10-8-15-28-19/h7-8,10-11,13,15,18H,2-6,9,12,14,16-17H2,1H3,(H,23,26). The number of aromatic nitrogens is 1. The van der Waals surface area contributed by atoms with Crippen molar-refractivity contribution in [2.45, 2.75) is 52.0 Å². The first kappa shape index (κ1) is 20.6. The number of nitrogens with one attached hydrogen (secondary N) is 1. The number of piperidine rings is 1. The fraction of sp³-hybridized carbons (Fsp3) is 0.545. The van der Waals surface area contributed by atoms with Crippen molar-refractivity contribution in [2.24, 2.45) is 5.92 Å². The van der Waals surface area contributed by atoms with Crippen molar-refractivity contribution in [2.75, 3.05) is 19.6 Å². The van der Waals surface area contributed by atoms with Crippen molar-refractivity contribution in [3.8, 4) is 0 Å². The average Bonchev–Trinajstić information content (AvgIpc) is 3.40. The van der Waals surface area contributed by atoms with Gasteiger partial charge in [-0.05, 0) is 42.8 Å². The minimum Gasteiger partial charge on any atom is -0.356 e. The summed E-state index contributed by atoms with van der Waals surface area (Å²) in [4.78, 5) is 28.7. The molecule has 0 aromatic carbocycles. The molecule has 0 radical (unpaired) electrons. The van der Waals surface area contributed by atoms with Gasteiger partial charge in [-0.25, -0.2) is 0 Å². The van der Waals surface area contributed by atoms with E-state index < -0.39 is 0 Å². The molecule has 5 nitrogen and oxygen atoms in total. The number of amides is 2. The van der Waals surface area contributed by atoms with E-state index in [4.69, 9.17) is 0 Å². The molecule has 2 aromatic rings. The first-order valence-corrected chi connectivity index (χ1v) is 11.3. The Labute approximate surface area is 171 Å². The third-order valence-corrected chi connectivity index (χ3v) is 6.23. The topological polar surface area (TPSA) is 54.3 Å². The lowest BCUT2D eigenvalue weighted by Crippen LogP contribution is -2.46. The van der Waals surface area contributed by atoms with Gasteiger partial charge >= 0.3 is 0 Å². The molecular weight excluding hydrogens is 370 g/mol. The van der Waals surface area contributed by atoms with E-state index in [1.54, 1.807) is 11.3 Å². The number of carbonyl (C=O) groups is 2. The molecule has 0 spiro atoms. The van der Waals surface area contributed by atoms with Gasteiger partial charge in [-0.1, -0.05) is 32.3 Å². The third-order valence-electron chi connectivity index (χ3n) is 5.36. The Balaban J connectivity index is 1.55. The fourth-order valence-corrected chi connectivity index (χ4v) is 4.46. The van der Waals surface area contributed by atoms with E-state index in [0.717, 1.165) is 38.8 Å². The van der Waals surface area contributed by atoms with Gasteiger partial charge < -0.3 is 14.8 Å². The van der Waals surface area contributed by atoms with Gasteiger partial charge in [0.1, 0.15) is 5.69 Å². The van der Waals surface area contributed by atoms with E-state index in [9.17, 15) is 9.59 Å². The van der Waals surface area contributed by atoms with Gasteiger partial charge in [0.25, 0.3) is 5.91 Å². The Morgan fingerprint density at radius 2 is 2.11 bits per heavy atom. The molecule has 152 valence electrons. The van der Waals surface area contributed by atoms with Gasteiger partial charge in [0.15, 0.2) is 0 Å². The molecule has 0 saturated carbocycles. The highest BCUT2D eigenvalue weighted by Crippen LogP contribution is 2.20. The molecule has 28 heavy (non-hydrogen) atoms. The van der Waals surface area contributed by atoms with Crippen molar-refractivity contribution < 1.29 is 9.59 Å². The smallest absolute Gasteiger partial charge is 0.270 e. The summed E-state index contributed by atoms with van der Waals surface area (Å²) in [6.07, 6.45) is 8.30. The number of likely N-dealkylation sites (tertiary alicyclic amines) is 1. The summed E-state index contributed by atoms with van der Waals surface area (Å²) < 4.78 is 2.01. The van der Waals surface area contributed by atoms with E-state index in [-0.39, 0.29) is 17.7 Å². The molecule has 1 saturated heterocycles. The fourth-order valence-electron chi connectivity index (χ4n) is 3.76. The van der Waals surface area contributed by atoms with E-state index in [0.29, 0.717) is 18.8 Å². The first-order chi connectivity index (χ1) is 13.7. The predicted octanol–water partition coefficient (Wildman–Crippen LogP) is 4.15. The lowest BCUT2D eigenvalue weighted by molar-refractivity contribution is -0.126. The van der Waals surface area contributed by atoms with Crippen LogP contribution >= 0.6 is 11.3 Å². The molecule has 0 aliphatic carbocycles. The van der Waals surface area contributed by atoms with Crippen molar-refractivity contribution in [1.29, 1.82) is 0 Å². The second kappa shape index (κ2) is 10.5. The number of hydrogen-bond acceptors (Lipinski definition) is 3. The van der Waals surface area contributed by atoms with Crippen LogP contribution in [0.4, 0.5) is 0 Å². The number of thiophene rings is 1. The summed E-state index contributed by atoms with van der Waals surface area (Å²) >= 11 is 1.70. The van der Waals surface area contributed by atoms with Crippen molar-refractivity contribution in [3.63, 3.8) is 0 Å². The van der Waals surface area contributed by atoms with Crippen LogP contribution in [0, 0.1) is 5.92 Å². The zero-order chi connectivity index (χ0) is 19.8. The van der Waals surface area contributed by atoms with Gasteiger partial charge in [0, 0.05) is 30.7 Å². The molecule has 1 aliphatic rings. The molecule has 3 rings (SSSR count). The summed E-state index contributed by atoms with van der Waals surface area (Å²) in [6.45, 7) is 4.88. The minimum absolute atomic E-state index is 0.0296. The molecule has 0 bridgehead atoms. The van der Waals surface area contributed by atoms with Crippen molar-refractivity contribution in [3.05, 3.63) is 46.4 Å². The van der Waals surface area contributed by atoms with E-state index in [1.165, 1.54) is 17.7 Å². The SMILES string of the molecule is CCCCCCNC(=O)C1CCCN(C(=O)c2cccn2Cc2cccs2)C1. The molecule has 1 atom stereocenters. The average molecular weight is 402 g/mol. The first-order valence-electron chi connectivity index (χ1n) is 10.4. The van der Waals surface area contributed by atoms with Gasteiger partial charge in [0.2, 0.25) is 5.91 Å². The second-order valence-electron chi connectivity index (χ2n) is 7.54. The summed E-state index contributed by atoms with van der Waals surface area (Å²) in [5, 5.41) is 5.12. The summed E-state index contributed by atoms with van der Waals surface area (Å²) in [7, 11) is 0. The highest BCUT2D eigenvalue weighted by Gasteiger charge is 2.29. The number of hydrogen-bond donors (Lipinski definition) is 1. The highest BCUT2D eigenvalue weighted by molar-refractivity contribution is 7.09. The molecule has 2 amide bonds. The van der Waals surface area contributed by atoms with Crippen LogP contribution in [0.3, 0.4) is 0 Å². The maximum absolute atomic E-state index is 13.1. The van der Waals surface area contributed by atoms with Crippen molar-refractivity contribution in [1.82, 2.24) is 14.8 Å². The highest BCUT2D eigenvalue weighted by atomic mass is 32.1. The Hall–Kier alpha value is -2.08. The van der Waals surface area contributed by atoms with Crippen LogP contribution in [0.5, 0.6) is 0 Å². The quantitative estimate of drug-likeness (QED) is 0.642. The summed E-state index contributed by atoms with van der Waals surface area (Å²) in [5.74, 6) is 0.0366. The molecule has 1 fully saturated rings. The summed E-state index contributed by atoms with van der Waals surface area (Å²) in [5.41, 5.74) is 0.703. The van der Waals surface area contributed by atoms with Gasteiger partial charge in [-0.15, -0.1) is 11.3 Å². The second-order valence-corrected chi connectivity index (χ2v) is 8.57. The third kappa shape index (κ3) is 5.47. The Kier molecular flexibility index (Phi) is 7.71. The molecule has 1 aliphatic heterocycles. The predicted molar refractivity (Wildman–Crippen MR) is 114 cm³/mol. The lowest BCUT2D eigenvalue weighted by atomic mass is 9.96. The van der Waals surface area contributed by atoms with Crippen LogP contribution in [0.25, 0.3) is 0 Å². The van der Waals surface area contributed by atoms with Crippen LogP contribution in [0.1, 0.15) is 60.8 Å². The molecule has 1 N–H and O–H groups in total. The zero-order valence-corrected chi connectivity index (χ0v) is 17.5. The number of carbonyl (C=O) groups excluding carboxylic acids is 2. The molecular formula is C22H31N3O2S. The van der Waals surface area contributed by atoms with Crippen LogP contribution in [-0.2, 0) is 11.3 Å². The molecule has 3 heterocycles.